The third-order valence-corrected chi connectivity index (χ3v) is 6.99. The molecule has 1 aliphatic rings. The molecule has 7 nitrogen and oxygen atoms in total. The number of ether oxygens (including phenoxy) is 2. The van der Waals surface area contributed by atoms with Gasteiger partial charge in [0.15, 0.2) is 6.10 Å². The van der Waals surface area contributed by atoms with Gasteiger partial charge in [-0.05, 0) is 30.5 Å². The fourth-order valence-corrected chi connectivity index (χ4v) is 4.88. The van der Waals surface area contributed by atoms with Gasteiger partial charge in [0, 0.05) is 18.9 Å². The van der Waals surface area contributed by atoms with Crippen LogP contribution in [0.15, 0.2) is 95.4 Å². The standard InChI is InChI=1S/C29H30N2O5S.C2H6/c1-22-15-17-24(18-16-22)29(32)36-25(21-35-27-13-9-11-23-10-6-7-12-26(23)27)20-31(2)28-14-5-3-4-8-19-37(33,34)30-28;1-2/h3-13,15-18,25H,14,19-21H2,1-2H3;1-2H3/b5-3-,8-4-,30-28+;. The molecule has 0 bridgehead atoms. The lowest BCUT2D eigenvalue weighted by atomic mass is 10.1. The van der Waals surface area contributed by atoms with E-state index in [-0.39, 0.29) is 18.9 Å². The first-order valence-corrected chi connectivity index (χ1v) is 14.6. The number of hydrogen-bond acceptors (Lipinski definition) is 6. The maximum absolute atomic E-state index is 13.0. The number of benzene rings is 3. The van der Waals surface area contributed by atoms with Crippen LogP contribution < -0.4 is 4.74 Å². The van der Waals surface area contributed by atoms with Crippen molar-refractivity contribution in [1.82, 2.24) is 4.90 Å². The van der Waals surface area contributed by atoms with Crippen molar-refractivity contribution >= 4 is 32.6 Å². The van der Waals surface area contributed by atoms with Gasteiger partial charge in [-0.15, -0.1) is 4.40 Å². The number of nitrogens with zero attached hydrogens (tertiary/aromatic N) is 2. The van der Waals surface area contributed by atoms with Crippen LogP contribution in [0.5, 0.6) is 5.75 Å². The predicted molar refractivity (Wildman–Crippen MR) is 158 cm³/mol. The fraction of sp³-hybridized carbons (Fsp3) is 0.290. The molecule has 0 radical (unpaired) electrons. The highest BCUT2D eigenvalue weighted by Crippen LogP contribution is 2.25. The molecule has 206 valence electrons. The van der Waals surface area contributed by atoms with Crippen LogP contribution in [-0.2, 0) is 14.8 Å². The van der Waals surface area contributed by atoms with Crippen molar-refractivity contribution in [3.8, 4) is 5.75 Å². The van der Waals surface area contributed by atoms with E-state index in [1.165, 1.54) is 0 Å². The average Bonchev–Trinajstić information content (AvgIpc) is 3.02. The van der Waals surface area contributed by atoms with E-state index in [9.17, 15) is 13.2 Å². The number of hydrogen-bond donors (Lipinski definition) is 0. The molecule has 1 heterocycles. The first-order valence-electron chi connectivity index (χ1n) is 13.0. The number of likely N-dealkylation sites (N-methyl/N-ethyl adjacent to an activating group) is 1. The topological polar surface area (TPSA) is 85.3 Å². The summed E-state index contributed by atoms with van der Waals surface area (Å²) in [4.78, 5) is 14.7. The number of rotatable bonds is 7. The van der Waals surface area contributed by atoms with Crippen molar-refractivity contribution in [2.75, 3.05) is 26.0 Å². The van der Waals surface area contributed by atoms with Crippen LogP contribution in [-0.4, -0.2) is 57.2 Å². The lowest BCUT2D eigenvalue weighted by molar-refractivity contribution is 0.0131. The molecule has 0 saturated heterocycles. The van der Waals surface area contributed by atoms with Crippen LogP contribution >= 0.6 is 0 Å². The Hall–Kier alpha value is -3.91. The number of allylic oxidation sites excluding steroid dienone is 2. The second kappa shape index (κ2) is 14.3. The summed E-state index contributed by atoms with van der Waals surface area (Å²) in [6.45, 7) is 6.21. The molecule has 1 unspecified atom stereocenters. The summed E-state index contributed by atoms with van der Waals surface area (Å²) in [5.41, 5.74) is 1.47. The van der Waals surface area contributed by atoms with Crippen LogP contribution in [0.3, 0.4) is 0 Å². The highest BCUT2D eigenvalue weighted by molar-refractivity contribution is 7.90. The molecular formula is C31H36N2O5S. The Balaban J connectivity index is 0.00000205. The fourth-order valence-electron chi connectivity index (χ4n) is 3.92. The summed E-state index contributed by atoms with van der Waals surface area (Å²) >= 11 is 0. The second-order valence-electron chi connectivity index (χ2n) is 8.88. The van der Waals surface area contributed by atoms with E-state index in [0.717, 1.165) is 16.3 Å². The van der Waals surface area contributed by atoms with E-state index < -0.39 is 22.1 Å². The molecule has 4 rings (SSSR count). The number of sulfonamides is 1. The number of aryl methyl sites for hydroxylation is 1. The molecule has 1 atom stereocenters. The third-order valence-electron chi connectivity index (χ3n) is 5.89. The molecule has 0 N–H and O–H groups in total. The van der Waals surface area contributed by atoms with Crippen LogP contribution in [0, 0.1) is 6.92 Å². The average molecular weight is 549 g/mol. The number of esters is 1. The number of fused-ring (bicyclic) bond motifs is 1. The van der Waals surface area contributed by atoms with Crippen molar-refractivity contribution in [2.24, 2.45) is 4.40 Å². The maximum Gasteiger partial charge on any atom is 0.338 e. The molecule has 0 amide bonds. The smallest absolute Gasteiger partial charge is 0.338 e. The molecule has 3 aromatic carbocycles. The third kappa shape index (κ3) is 8.82. The van der Waals surface area contributed by atoms with Gasteiger partial charge in [-0.1, -0.05) is 92.2 Å². The van der Waals surface area contributed by atoms with E-state index in [1.54, 1.807) is 42.3 Å². The van der Waals surface area contributed by atoms with Crippen LogP contribution in [0.25, 0.3) is 10.8 Å². The number of carbonyl (C=O) groups is 1. The van der Waals surface area contributed by atoms with Crippen LogP contribution in [0.1, 0.15) is 36.2 Å². The van der Waals surface area contributed by atoms with E-state index >= 15 is 0 Å². The normalized spacial score (nSPS) is 18.0. The first-order chi connectivity index (χ1) is 18.8. The van der Waals surface area contributed by atoms with Gasteiger partial charge in [-0.2, -0.15) is 0 Å². The van der Waals surface area contributed by atoms with Gasteiger partial charge < -0.3 is 14.4 Å². The van der Waals surface area contributed by atoms with Crippen LogP contribution in [0.4, 0.5) is 0 Å². The van der Waals surface area contributed by atoms with E-state index in [1.807, 2.05) is 81.4 Å². The lowest BCUT2D eigenvalue weighted by Crippen LogP contribution is -2.40. The highest BCUT2D eigenvalue weighted by Gasteiger charge is 2.22. The molecule has 3 aromatic rings. The van der Waals surface area contributed by atoms with Crippen molar-refractivity contribution < 1.29 is 22.7 Å². The van der Waals surface area contributed by atoms with Gasteiger partial charge in [-0.3, -0.25) is 0 Å². The summed E-state index contributed by atoms with van der Waals surface area (Å²) in [6.07, 6.45) is 6.51. The molecule has 0 spiro atoms. The van der Waals surface area contributed by atoms with E-state index in [0.29, 0.717) is 23.6 Å². The minimum atomic E-state index is -3.67. The number of amidine groups is 1. The maximum atomic E-state index is 13.0. The van der Waals surface area contributed by atoms with Crippen molar-refractivity contribution in [3.05, 3.63) is 102 Å². The molecular weight excluding hydrogens is 512 g/mol. The highest BCUT2D eigenvalue weighted by atomic mass is 32.2. The zero-order valence-corrected chi connectivity index (χ0v) is 23.7. The van der Waals surface area contributed by atoms with Gasteiger partial charge >= 0.3 is 5.97 Å². The Morgan fingerprint density at radius 2 is 1.67 bits per heavy atom. The molecule has 0 aromatic heterocycles. The Bertz CT molecular complexity index is 1440. The van der Waals surface area contributed by atoms with Gasteiger partial charge in [-0.25, -0.2) is 13.2 Å². The second-order valence-corrected chi connectivity index (χ2v) is 10.6. The summed E-state index contributed by atoms with van der Waals surface area (Å²) in [5, 5.41) is 1.99. The lowest BCUT2D eigenvalue weighted by Gasteiger charge is -2.26. The zero-order valence-electron chi connectivity index (χ0n) is 22.9. The van der Waals surface area contributed by atoms with Gasteiger partial charge in [0.2, 0.25) is 0 Å². The first kappa shape index (κ1) is 29.6. The minimum absolute atomic E-state index is 0.0768. The number of carbonyl (C=O) groups excluding carboxylic acids is 1. The Kier molecular flexibility index (Phi) is 10.9. The molecule has 39 heavy (non-hydrogen) atoms. The van der Waals surface area contributed by atoms with Crippen molar-refractivity contribution in [1.29, 1.82) is 0 Å². The Morgan fingerprint density at radius 3 is 2.44 bits per heavy atom. The summed E-state index contributed by atoms with van der Waals surface area (Å²) in [7, 11) is -1.93. The van der Waals surface area contributed by atoms with Crippen molar-refractivity contribution in [3.63, 3.8) is 0 Å². The van der Waals surface area contributed by atoms with E-state index in [4.69, 9.17) is 9.47 Å². The SMILES string of the molecule is CC.Cc1ccc(C(=O)OC(COc2cccc3ccccc23)CN(C)/C2=N/S(=O)(=O)C/C=C\C=C/C2)cc1. The van der Waals surface area contributed by atoms with Gasteiger partial charge in [0.25, 0.3) is 10.0 Å². The molecule has 0 aliphatic carbocycles. The Labute approximate surface area is 231 Å². The quantitative estimate of drug-likeness (QED) is 0.339. The summed E-state index contributed by atoms with van der Waals surface area (Å²) in [5.74, 6) is 0.382. The van der Waals surface area contributed by atoms with Gasteiger partial charge in [0.05, 0.1) is 17.9 Å². The largest absolute Gasteiger partial charge is 0.489 e. The molecule has 8 heteroatoms. The van der Waals surface area contributed by atoms with Gasteiger partial charge in [0.1, 0.15) is 18.2 Å². The van der Waals surface area contributed by atoms with Crippen LogP contribution in [0.2, 0.25) is 0 Å². The zero-order chi connectivity index (χ0) is 28.3. The minimum Gasteiger partial charge on any atom is -0.489 e. The molecule has 0 saturated carbocycles. The summed E-state index contributed by atoms with van der Waals surface area (Å²) < 4.78 is 40.8. The molecule has 0 fully saturated rings. The predicted octanol–water partition coefficient (Wildman–Crippen LogP) is 5.96. The summed E-state index contributed by atoms with van der Waals surface area (Å²) in [6, 6.07) is 20.8. The monoisotopic (exact) mass is 548 g/mol. The van der Waals surface area contributed by atoms with Crippen molar-refractivity contribution in [2.45, 2.75) is 33.3 Å². The van der Waals surface area contributed by atoms with E-state index in [2.05, 4.69) is 4.40 Å². The Morgan fingerprint density at radius 1 is 0.974 bits per heavy atom. The molecule has 1 aliphatic heterocycles.